The van der Waals surface area contributed by atoms with Gasteiger partial charge in [-0.2, -0.15) is 14.6 Å². The van der Waals surface area contributed by atoms with Crippen molar-refractivity contribution in [3.8, 4) is 17.6 Å². The highest BCUT2D eigenvalue weighted by atomic mass is 16.5. The number of nitrogens with zero attached hydrogens (tertiary/aromatic N) is 9. The molecule has 4 aromatic heterocycles. The lowest BCUT2D eigenvalue weighted by Gasteiger charge is -2.21. The van der Waals surface area contributed by atoms with E-state index in [-0.39, 0.29) is 17.9 Å². The smallest absolute Gasteiger partial charge is 0.297 e. The van der Waals surface area contributed by atoms with Gasteiger partial charge in [-0.3, -0.25) is 4.68 Å². The van der Waals surface area contributed by atoms with Crippen molar-refractivity contribution in [1.29, 1.82) is 0 Å². The Morgan fingerprint density at radius 3 is 2.61 bits per heavy atom. The number of aryl methyl sites for hydroxylation is 2. The van der Waals surface area contributed by atoms with E-state index in [1.807, 2.05) is 13.0 Å². The molecule has 0 radical (unpaired) electrons. The highest BCUT2D eigenvalue weighted by Gasteiger charge is 2.25. The van der Waals surface area contributed by atoms with Gasteiger partial charge in [-0.05, 0) is 11.5 Å². The van der Waals surface area contributed by atoms with Gasteiger partial charge in [0, 0.05) is 19.0 Å². The van der Waals surface area contributed by atoms with E-state index in [4.69, 9.17) is 9.26 Å². The first-order chi connectivity index (χ1) is 13.3. The molecule has 0 atom stereocenters. The Labute approximate surface area is 160 Å². The summed E-state index contributed by atoms with van der Waals surface area (Å²) < 4.78 is 14.4. The fraction of sp³-hybridized carbons (Fsp3) is 0.471. The Balaban J connectivity index is 1.77. The van der Waals surface area contributed by atoms with Crippen LogP contribution >= 0.6 is 0 Å². The Hall–Kier alpha value is -3.37. The zero-order valence-electron chi connectivity index (χ0n) is 16.4. The Bertz CT molecular complexity index is 1120. The summed E-state index contributed by atoms with van der Waals surface area (Å²) in [5.74, 6) is 2.23. The van der Waals surface area contributed by atoms with Gasteiger partial charge in [-0.15, -0.1) is 15.3 Å². The first kappa shape index (κ1) is 18.0. The molecule has 0 spiro atoms. The third kappa shape index (κ3) is 3.30. The summed E-state index contributed by atoms with van der Waals surface area (Å²) in [7, 11) is 1.81. The van der Waals surface area contributed by atoms with Gasteiger partial charge in [0.25, 0.3) is 5.89 Å². The van der Waals surface area contributed by atoms with E-state index in [0.29, 0.717) is 35.4 Å². The molecule has 4 aromatic rings. The molecule has 28 heavy (non-hydrogen) atoms. The van der Waals surface area contributed by atoms with Gasteiger partial charge in [0.2, 0.25) is 11.7 Å². The van der Waals surface area contributed by atoms with E-state index in [9.17, 15) is 0 Å². The number of hydrogen-bond acceptors (Lipinski definition) is 9. The lowest BCUT2D eigenvalue weighted by molar-refractivity contribution is 0.271. The molecule has 11 heteroatoms. The van der Waals surface area contributed by atoms with Gasteiger partial charge in [0.05, 0.1) is 0 Å². The lowest BCUT2D eigenvalue weighted by atomic mass is 9.88. The van der Waals surface area contributed by atoms with Crippen molar-refractivity contribution >= 4 is 5.65 Å². The predicted molar refractivity (Wildman–Crippen MR) is 97.5 cm³/mol. The summed E-state index contributed by atoms with van der Waals surface area (Å²) in [6.45, 7) is 8.38. The van der Waals surface area contributed by atoms with Crippen LogP contribution in [-0.2, 0) is 25.5 Å². The molecule has 146 valence electrons. The molecule has 0 aliphatic carbocycles. The fourth-order valence-electron chi connectivity index (χ4n) is 2.66. The Morgan fingerprint density at radius 1 is 1.14 bits per heavy atom. The first-order valence-corrected chi connectivity index (χ1v) is 8.92. The minimum absolute atomic E-state index is 0.195. The van der Waals surface area contributed by atoms with Gasteiger partial charge < -0.3 is 9.26 Å². The molecule has 0 saturated carbocycles. The molecule has 0 N–H and O–H groups in total. The summed E-state index contributed by atoms with van der Waals surface area (Å²) in [4.78, 5) is 8.50. The van der Waals surface area contributed by atoms with Crippen LogP contribution in [0.5, 0.6) is 5.88 Å². The largest absolute Gasteiger partial charge is 0.468 e. The van der Waals surface area contributed by atoms with Crippen LogP contribution in [-0.4, -0.2) is 44.7 Å². The van der Waals surface area contributed by atoms with Crippen LogP contribution in [0.3, 0.4) is 0 Å². The summed E-state index contributed by atoms with van der Waals surface area (Å²) in [5.41, 5.74) is 1.25. The van der Waals surface area contributed by atoms with Crippen LogP contribution in [0.2, 0.25) is 0 Å². The normalized spacial score (nSPS) is 12.0. The number of fused-ring (bicyclic) bond motifs is 1. The summed E-state index contributed by atoms with van der Waals surface area (Å²) in [6, 6.07) is 1.90. The molecule has 0 aliphatic rings. The fourth-order valence-corrected chi connectivity index (χ4v) is 2.66. The van der Waals surface area contributed by atoms with E-state index in [2.05, 4.69) is 56.3 Å². The molecule has 0 unspecified atom stereocenters. The molecule has 0 amide bonds. The Kier molecular flexibility index (Phi) is 4.28. The number of hydrogen-bond donors (Lipinski definition) is 0. The summed E-state index contributed by atoms with van der Waals surface area (Å²) in [6.07, 6.45) is 2.28. The molecule has 0 bridgehead atoms. The van der Waals surface area contributed by atoms with Crippen molar-refractivity contribution in [1.82, 2.24) is 44.7 Å². The molecule has 4 heterocycles. The second-order valence-electron chi connectivity index (χ2n) is 7.40. The van der Waals surface area contributed by atoms with Gasteiger partial charge in [-0.1, -0.05) is 32.9 Å². The van der Waals surface area contributed by atoms with Crippen LogP contribution in [0.1, 0.15) is 44.9 Å². The molecule has 0 fully saturated rings. The highest BCUT2D eigenvalue weighted by Crippen LogP contribution is 2.31. The third-order valence-corrected chi connectivity index (χ3v) is 4.13. The van der Waals surface area contributed by atoms with Crippen molar-refractivity contribution in [2.45, 2.75) is 46.1 Å². The molecular weight excluding hydrogens is 362 g/mol. The SMILES string of the molecule is CCc1noc(-c2nnc3cc(C(C)(C)C)c(OCc4ncn(C)n4)nn23)n1. The molecule has 11 nitrogen and oxygen atoms in total. The first-order valence-electron chi connectivity index (χ1n) is 8.92. The minimum atomic E-state index is -0.215. The van der Waals surface area contributed by atoms with Crippen molar-refractivity contribution in [3.05, 3.63) is 29.6 Å². The predicted octanol–water partition coefficient (Wildman–Crippen LogP) is 1.74. The van der Waals surface area contributed by atoms with E-state index >= 15 is 0 Å². The molecule has 0 aromatic carbocycles. The molecular formula is C17H21N9O2. The standard InChI is InChI=1S/C17H21N9O2/c1-6-11-19-16(28-24-11)14-21-20-13-7-10(17(2,3)4)15(23-26(13)14)27-8-12-18-9-25(5)22-12/h7,9H,6,8H2,1-5H3. The molecule has 0 aliphatic heterocycles. The van der Waals surface area contributed by atoms with Gasteiger partial charge in [0.1, 0.15) is 6.33 Å². The zero-order chi connectivity index (χ0) is 19.9. The van der Waals surface area contributed by atoms with Crippen molar-refractivity contribution < 1.29 is 9.26 Å². The van der Waals surface area contributed by atoms with Crippen molar-refractivity contribution in [2.75, 3.05) is 0 Å². The monoisotopic (exact) mass is 383 g/mol. The van der Waals surface area contributed by atoms with E-state index in [1.165, 1.54) is 0 Å². The second kappa shape index (κ2) is 6.66. The van der Waals surface area contributed by atoms with Crippen LogP contribution < -0.4 is 4.74 Å². The zero-order valence-corrected chi connectivity index (χ0v) is 16.4. The topological polar surface area (TPSA) is 122 Å². The quantitative estimate of drug-likeness (QED) is 0.507. The lowest BCUT2D eigenvalue weighted by Crippen LogP contribution is -2.16. The maximum atomic E-state index is 5.97. The van der Waals surface area contributed by atoms with Crippen molar-refractivity contribution in [2.24, 2.45) is 7.05 Å². The van der Waals surface area contributed by atoms with Gasteiger partial charge >= 0.3 is 0 Å². The molecule has 0 saturated heterocycles. The number of ether oxygens (including phenoxy) is 1. The summed E-state index contributed by atoms with van der Waals surface area (Å²) in [5, 5.41) is 21.1. The highest BCUT2D eigenvalue weighted by molar-refractivity contribution is 5.52. The van der Waals surface area contributed by atoms with E-state index < -0.39 is 0 Å². The summed E-state index contributed by atoms with van der Waals surface area (Å²) >= 11 is 0. The average molecular weight is 383 g/mol. The Morgan fingerprint density at radius 2 is 1.96 bits per heavy atom. The van der Waals surface area contributed by atoms with Crippen LogP contribution in [0.25, 0.3) is 17.4 Å². The van der Waals surface area contributed by atoms with Crippen LogP contribution in [0, 0.1) is 0 Å². The van der Waals surface area contributed by atoms with E-state index in [1.54, 1.807) is 22.6 Å². The molecule has 4 rings (SSSR count). The van der Waals surface area contributed by atoms with Gasteiger partial charge in [0.15, 0.2) is 23.9 Å². The number of rotatable bonds is 5. The average Bonchev–Trinajstić information content (AvgIpc) is 3.37. The minimum Gasteiger partial charge on any atom is -0.468 e. The number of aromatic nitrogens is 9. The van der Waals surface area contributed by atoms with Gasteiger partial charge in [-0.25, -0.2) is 4.98 Å². The van der Waals surface area contributed by atoms with Crippen LogP contribution in [0.15, 0.2) is 16.9 Å². The third-order valence-electron chi connectivity index (χ3n) is 4.13. The maximum Gasteiger partial charge on any atom is 0.297 e. The van der Waals surface area contributed by atoms with Crippen molar-refractivity contribution in [3.63, 3.8) is 0 Å². The second-order valence-corrected chi connectivity index (χ2v) is 7.40. The maximum absolute atomic E-state index is 5.97. The van der Waals surface area contributed by atoms with E-state index in [0.717, 1.165) is 5.56 Å². The van der Waals surface area contributed by atoms with Crippen LogP contribution in [0.4, 0.5) is 0 Å².